The Balaban J connectivity index is 2.03. The van der Waals surface area contributed by atoms with Gasteiger partial charge in [0.15, 0.2) is 0 Å². The highest BCUT2D eigenvalue weighted by molar-refractivity contribution is 6.28. The fourth-order valence-corrected chi connectivity index (χ4v) is 5.46. The summed E-state index contributed by atoms with van der Waals surface area (Å²) >= 11 is 0. The van der Waals surface area contributed by atoms with Crippen LogP contribution in [0.2, 0.25) is 0 Å². The van der Waals surface area contributed by atoms with Crippen LogP contribution in [0.4, 0.5) is 0 Å². The van der Waals surface area contributed by atoms with Crippen molar-refractivity contribution in [3.05, 3.63) is 48.0 Å². The van der Waals surface area contributed by atoms with Crippen LogP contribution in [0, 0.1) is 11.3 Å². The zero-order valence-corrected chi connectivity index (χ0v) is 17.7. The number of ether oxygens (including phenoxy) is 1. The van der Waals surface area contributed by atoms with Gasteiger partial charge < -0.3 is 20.4 Å². The minimum atomic E-state index is -1.58. The smallest absolute Gasteiger partial charge is 0.417 e. The number of allylic oxidation sites excluding steroid dienone is 2. The van der Waals surface area contributed by atoms with Crippen molar-refractivity contribution in [1.29, 1.82) is 0 Å². The van der Waals surface area contributed by atoms with E-state index < -0.39 is 23.0 Å². The molecule has 5 atom stereocenters. The van der Waals surface area contributed by atoms with Crippen LogP contribution >= 0.6 is 0 Å². The first-order valence-corrected chi connectivity index (χ1v) is 10.6. The molecule has 1 unspecified atom stereocenters. The Bertz CT molecular complexity index is 783. The molecule has 0 amide bonds. The SMILES string of the molecule is C/C=C/[C@H]1CC(NOCCN)[C@]2(OC(=O)C(=O)O)C[C@@H](c3ccccc3)CC[C@]12C. The Morgan fingerprint density at radius 3 is 2.70 bits per heavy atom. The first kappa shape index (κ1) is 22.5. The quantitative estimate of drug-likeness (QED) is 0.206. The van der Waals surface area contributed by atoms with E-state index >= 15 is 0 Å². The van der Waals surface area contributed by atoms with E-state index in [-0.39, 0.29) is 17.9 Å². The summed E-state index contributed by atoms with van der Waals surface area (Å²) in [7, 11) is 0. The van der Waals surface area contributed by atoms with Gasteiger partial charge >= 0.3 is 11.9 Å². The van der Waals surface area contributed by atoms with E-state index in [0.717, 1.165) is 12.8 Å². The average Bonchev–Trinajstić information content (AvgIpc) is 2.97. The van der Waals surface area contributed by atoms with Crippen molar-refractivity contribution in [3.63, 3.8) is 0 Å². The van der Waals surface area contributed by atoms with E-state index in [1.807, 2.05) is 31.2 Å². The monoisotopic (exact) mass is 416 g/mol. The number of carboxylic acid groups (broad SMARTS) is 1. The van der Waals surface area contributed by atoms with Gasteiger partial charge in [-0.05, 0) is 50.0 Å². The predicted octanol–water partition coefficient (Wildman–Crippen LogP) is 2.77. The Morgan fingerprint density at radius 1 is 1.33 bits per heavy atom. The molecule has 2 aliphatic rings. The molecule has 1 aromatic rings. The van der Waals surface area contributed by atoms with E-state index in [9.17, 15) is 14.7 Å². The lowest BCUT2D eigenvalue weighted by atomic mass is 9.58. The van der Waals surface area contributed by atoms with E-state index in [4.69, 9.17) is 15.3 Å². The van der Waals surface area contributed by atoms with Crippen molar-refractivity contribution >= 4 is 11.9 Å². The molecule has 0 spiro atoms. The zero-order valence-electron chi connectivity index (χ0n) is 17.7. The van der Waals surface area contributed by atoms with E-state index in [1.165, 1.54) is 5.56 Å². The summed E-state index contributed by atoms with van der Waals surface area (Å²) in [4.78, 5) is 29.3. The molecule has 1 aromatic carbocycles. The number of hydrogen-bond donors (Lipinski definition) is 3. The first-order valence-electron chi connectivity index (χ1n) is 10.6. The summed E-state index contributed by atoms with van der Waals surface area (Å²) in [5.74, 6) is -2.52. The molecule has 2 aliphatic carbocycles. The van der Waals surface area contributed by atoms with Gasteiger partial charge in [0, 0.05) is 12.0 Å². The molecule has 0 aromatic heterocycles. The molecule has 164 valence electrons. The fourth-order valence-electron chi connectivity index (χ4n) is 5.46. The molecule has 7 heteroatoms. The summed E-state index contributed by atoms with van der Waals surface area (Å²) in [6.45, 7) is 4.74. The molecule has 0 bridgehead atoms. The minimum absolute atomic E-state index is 0.125. The number of esters is 1. The van der Waals surface area contributed by atoms with Gasteiger partial charge in [-0.15, -0.1) is 0 Å². The third-order valence-corrected chi connectivity index (χ3v) is 6.99. The minimum Gasteiger partial charge on any atom is -0.473 e. The first-order chi connectivity index (χ1) is 14.4. The van der Waals surface area contributed by atoms with Gasteiger partial charge in [0.25, 0.3) is 0 Å². The molecule has 3 rings (SSSR count). The second-order valence-electron chi connectivity index (χ2n) is 8.53. The van der Waals surface area contributed by atoms with Crippen LogP contribution in [0.15, 0.2) is 42.5 Å². The van der Waals surface area contributed by atoms with Gasteiger partial charge in [0.2, 0.25) is 0 Å². The maximum Gasteiger partial charge on any atom is 0.417 e. The molecule has 2 fully saturated rings. The molecule has 0 radical (unpaired) electrons. The number of aliphatic carboxylic acids is 1. The highest BCUT2D eigenvalue weighted by Gasteiger charge is 2.67. The van der Waals surface area contributed by atoms with E-state index in [2.05, 4.69) is 30.6 Å². The zero-order chi connectivity index (χ0) is 21.8. The molecule has 4 N–H and O–H groups in total. The number of carbonyl (C=O) groups is 2. The van der Waals surface area contributed by atoms with Crippen molar-refractivity contribution in [2.45, 2.75) is 57.1 Å². The molecule has 0 heterocycles. The van der Waals surface area contributed by atoms with Gasteiger partial charge in [-0.25, -0.2) is 9.59 Å². The van der Waals surface area contributed by atoms with Crippen LogP contribution in [0.5, 0.6) is 0 Å². The predicted molar refractivity (Wildman–Crippen MR) is 112 cm³/mol. The van der Waals surface area contributed by atoms with E-state index in [0.29, 0.717) is 26.0 Å². The summed E-state index contributed by atoms with van der Waals surface area (Å²) in [6.07, 6.45) is 7.10. The van der Waals surface area contributed by atoms with Gasteiger partial charge in [-0.3, -0.25) is 0 Å². The van der Waals surface area contributed by atoms with Crippen LogP contribution in [0.3, 0.4) is 0 Å². The van der Waals surface area contributed by atoms with Crippen molar-refractivity contribution < 1.29 is 24.3 Å². The fraction of sp³-hybridized carbons (Fsp3) is 0.565. The number of carbonyl (C=O) groups excluding carboxylic acids is 1. The molecule has 0 saturated heterocycles. The summed E-state index contributed by atoms with van der Waals surface area (Å²) in [5.41, 5.74) is 8.36. The van der Waals surface area contributed by atoms with Crippen LogP contribution in [-0.4, -0.2) is 41.8 Å². The summed E-state index contributed by atoms with van der Waals surface area (Å²) < 4.78 is 5.89. The third-order valence-electron chi connectivity index (χ3n) is 6.99. The molecular weight excluding hydrogens is 384 g/mol. The van der Waals surface area contributed by atoms with Crippen molar-refractivity contribution in [2.75, 3.05) is 13.2 Å². The van der Waals surface area contributed by atoms with Crippen LogP contribution in [0.25, 0.3) is 0 Å². The van der Waals surface area contributed by atoms with Gasteiger partial charge in [-0.2, -0.15) is 5.48 Å². The van der Waals surface area contributed by atoms with Crippen molar-refractivity contribution in [2.24, 2.45) is 17.1 Å². The van der Waals surface area contributed by atoms with Crippen LogP contribution in [-0.2, 0) is 19.2 Å². The second-order valence-corrected chi connectivity index (χ2v) is 8.53. The summed E-state index contributed by atoms with van der Waals surface area (Å²) in [5, 5.41) is 9.31. The van der Waals surface area contributed by atoms with Crippen LogP contribution < -0.4 is 11.2 Å². The number of carboxylic acids is 1. The standard InChI is InChI=1S/C23H32N2O5/c1-3-7-18-14-19(25-29-13-12-24)23(30-21(28)20(26)27)15-17(10-11-22(18,23)2)16-8-5-4-6-9-16/h3-9,17-19,25H,10-15,24H2,1-2H3,(H,26,27)/b7-3+/t17-,18-,19?,22+,23+/m0/s1. The molecular formula is C23H32N2O5. The average molecular weight is 417 g/mol. The Labute approximate surface area is 177 Å². The molecule has 7 nitrogen and oxygen atoms in total. The third kappa shape index (κ3) is 4.02. The lowest BCUT2D eigenvalue weighted by Crippen LogP contribution is -2.61. The maximum atomic E-state index is 12.3. The lowest BCUT2D eigenvalue weighted by Gasteiger charge is -2.52. The normalized spacial score (nSPS) is 33.4. The molecule has 0 aliphatic heterocycles. The van der Waals surface area contributed by atoms with Gasteiger partial charge in [0.05, 0.1) is 12.6 Å². The number of rotatable bonds is 7. The Hall–Kier alpha value is -2.22. The molecule has 30 heavy (non-hydrogen) atoms. The highest BCUT2D eigenvalue weighted by Crippen LogP contribution is 2.62. The summed E-state index contributed by atoms with van der Waals surface area (Å²) in [6, 6.07) is 9.77. The largest absolute Gasteiger partial charge is 0.473 e. The molecule has 2 saturated carbocycles. The topological polar surface area (TPSA) is 111 Å². The Morgan fingerprint density at radius 2 is 2.07 bits per heavy atom. The number of hydrogen-bond acceptors (Lipinski definition) is 6. The lowest BCUT2D eigenvalue weighted by molar-refractivity contribution is -0.199. The van der Waals surface area contributed by atoms with Crippen LogP contribution in [0.1, 0.15) is 51.0 Å². The maximum absolute atomic E-state index is 12.3. The Kier molecular flexibility index (Phi) is 6.95. The second kappa shape index (κ2) is 9.29. The number of fused-ring (bicyclic) bond motifs is 1. The van der Waals surface area contributed by atoms with Gasteiger partial charge in [0.1, 0.15) is 5.60 Å². The van der Waals surface area contributed by atoms with E-state index in [1.54, 1.807) is 0 Å². The number of hydroxylamine groups is 1. The van der Waals surface area contributed by atoms with Gasteiger partial charge in [-0.1, -0.05) is 49.4 Å². The van der Waals surface area contributed by atoms with Crippen molar-refractivity contribution in [1.82, 2.24) is 5.48 Å². The number of benzene rings is 1. The number of nitrogens with one attached hydrogen (secondary N) is 1. The highest BCUT2D eigenvalue weighted by atomic mass is 16.7. The van der Waals surface area contributed by atoms with Crippen molar-refractivity contribution in [3.8, 4) is 0 Å². The number of nitrogens with two attached hydrogens (primary N) is 1.